The molecule has 4 heterocycles. The number of anilines is 1. The topological polar surface area (TPSA) is 96.9 Å². The van der Waals surface area contributed by atoms with Crippen molar-refractivity contribution in [3.05, 3.63) is 46.3 Å². The second kappa shape index (κ2) is 5.31. The monoisotopic (exact) mass is 310 g/mol. The Kier molecular flexibility index (Phi) is 3.14. The highest BCUT2D eigenvalue weighted by atomic mass is 16.5. The number of aromatic nitrogens is 5. The van der Waals surface area contributed by atoms with E-state index in [0.29, 0.717) is 17.9 Å². The van der Waals surface area contributed by atoms with Gasteiger partial charge in [0.2, 0.25) is 0 Å². The van der Waals surface area contributed by atoms with Gasteiger partial charge < -0.3 is 9.64 Å². The summed E-state index contributed by atoms with van der Waals surface area (Å²) in [5, 5.41) is 7.42. The number of ether oxygens (including phenoxy) is 1. The first-order chi connectivity index (χ1) is 11.2. The zero-order valence-corrected chi connectivity index (χ0v) is 12.5. The van der Waals surface area contributed by atoms with Crippen LogP contribution in [0.4, 0.5) is 5.82 Å². The summed E-state index contributed by atoms with van der Waals surface area (Å²) in [6, 6.07) is 3.47. The first-order valence-electron chi connectivity index (χ1n) is 7.22. The molecule has 0 aromatic carbocycles. The molecule has 3 aromatic rings. The van der Waals surface area contributed by atoms with Crippen LogP contribution in [-0.2, 0) is 13.0 Å². The number of fused-ring (bicyclic) bond motifs is 2. The first-order valence-corrected chi connectivity index (χ1v) is 7.22. The van der Waals surface area contributed by atoms with E-state index in [1.807, 2.05) is 6.07 Å². The number of H-pyrrole nitrogens is 1. The first kappa shape index (κ1) is 13.6. The van der Waals surface area contributed by atoms with Gasteiger partial charge in [0, 0.05) is 31.1 Å². The number of hydrogen-bond acceptors (Lipinski definition) is 7. The minimum absolute atomic E-state index is 0.193. The van der Waals surface area contributed by atoms with E-state index in [0.717, 1.165) is 35.4 Å². The molecule has 0 unspecified atom stereocenters. The van der Waals surface area contributed by atoms with Crippen LogP contribution in [0.3, 0.4) is 0 Å². The van der Waals surface area contributed by atoms with Gasteiger partial charge in [-0.3, -0.25) is 4.79 Å². The van der Waals surface area contributed by atoms with Crippen molar-refractivity contribution in [2.45, 2.75) is 13.0 Å². The maximum absolute atomic E-state index is 11.5. The molecule has 0 fully saturated rings. The number of hydrogen-bond donors (Lipinski definition) is 1. The van der Waals surface area contributed by atoms with Gasteiger partial charge in [-0.2, -0.15) is 5.10 Å². The van der Waals surface area contributed by atoms with E-state index in [-0.39, 0.29) is 5.56 Å². The van der Waals surface area contributed by atoms with Crippen LogP contribution in [0.5, 0.6) is 5.75 Å². The van der Waals surface area contributed by atoms with Crippen LogP contribution in [0.2, 0.25) is 0 Å². The molecule has 1 N–H and O–H groups in total. The predicted molar refractivity (Wildman–Crippen MR) is 83.5 cm³/mol. The van der Waals surface area contributed by atoms with Gasteiger partial charge in [-0.25, -0.2) is 20.1 Å². The summed E-state index contributed by atoms with van der Waals surface area (Å²) in [6.45, 7) is 1.34. The summed E-state index contributed by atoms with van der Waals surface area (Å²) in [6.07, 6.45) is 3.88. The van der Waals surface area contributed by atoms with E-state index in [1.54, 1.807) is 19.4 Å². The Morgan fingerprint density at radius 3 is 3.04 bits per heavy atom. The number of nitrogens with one attached hydrogen (secondary N) is 1. The van der Waals surface area contributed by atoms with Crippen LogP contribution in [0.25, 0.3) is 11.0 Å². The third kappa shape index (κ3) is 2.37. The summed E-state index contributed by atoms with van der Waals surface area (Å²) in [7, 11) is 1.60. The summed E-state index contributed by atoms with van der Waals surface area (Å²) in [4.78, 5) is 26.5. The Labute approximate surface area is 131 Å². The van der Waals surface area contributed by atoms with Crippen LogP contribution in [0.15, 0.2) is 29.5 Å². The highest BCUT2D eigenvalue weighted by Crippen LogP contribution is 2.28. The van der Waals surface area contributed by atoms with Crippen molar-refractivity contribution in [2.24, 2.45) is 0 Å². The molecule has 8 nitrogen and oxygen atoms in total. The van der Waals surface area contributed by atoms with E-state index in [4.69, 9.17) is 4.74 Å². The van der Waals surface area contributed by atoms with Crippen LogP contribution in [-0.4, -0.2) is 38.8 Å². The third-order valence-corrected chi connectivity index (χ3v) is 3.93. The van der Waals surface area contributed by atoms with Gasteiger partial charge in [0.15, 0.2) is 5.65 Å². The lowest BCUT2D eigenvalue weighted by Gasteiger charge is -2.29. The summed E-state index contributed by atoms with van der Waals surface area (Å²) in [5.41, 5.74) is 2.27. The van der Waals surface area contributed by atoms with Crippen LogP contribution in [0.1, 0.15) is 11.3 Å². The Hall–Kier alpha value is -3.03. The van der Waals surface area contributed by atoms with Crippen molar-refractivity contribution in [3.8, 4) is 5.75 Å². The second-order valence-corrected chi connectivity index (χ2v) is 5.32. The van der Waals surface area contributed by atoms with Crippen molar-refractivity contribution in [1.82, 2.24) is 25.1 Å². The lowest BCUT2D eigenvalue weighted by molar-refractivity contribution is 0.413. The van der Waals surface area contributed by atoms with Crippen molar-refractivity contribution in [2.75, 3.05) is 18.6 Å². The zero-order chi connectivity index (χ0) is 15.8. The average Bonchev–Trinajstić information content (AvgIpc) is 2.60. The largest absolute Gasteiger partial charge is 0.495 e. The Bertz CT molecular complexity index is 939. The number of methoxy groups -OCH3 is 1. The zero-order valence-electron chi connectivity index (χ0n) is 12.5. The fraction of sp³-hybridized carbons (Fsp3) is 0.267. The fourth-order valence-electron chi connectivity index (χ4n) is 2.81. The average molecular weight is 310 g/mol. The molecule has 0 saturated carbocycles. The van der Waals surface area contributed by atoms with Crippen LogP contribution < -0.4 is 15.2 Å². The summed E-state index contributed by atoms with van der Waals surface area (Å²) in [5.74, 6) is 1.44. The molecule has 4 rings (SSSR count). The standard InChI is InChI=1S/C15H14N6O2/c1-23-10-5-11-14(16-6-10)17-8-18-15(11)21-3-2-12-9(7-21)4-13(22)20-19-12/h4-6,8H,2-3,7H2,1H3,(H,20,22). The number of rotatable bonds is 2. The molecular weight excluding hydrogens is 296 g/mol. The molecule has 0 saturated heterocycles. The maximum atomic E-state index is 11.5. The lowest BCUT2D eigenvalue weighted by atomic mass is 10.1. The molecule has 0 atom stereocenters. The van der Waals surface area contributed by atoms with Gasteiger partial charge in [-0.15, -0.1) is 0 Å². The fourth-order valence-corrected chi connectivity index (χ4v) is 2.81. The van der Waals surface area contributed by atoms with E-state index in [2.05, 4.69) is 30.0 Å². The quantitative estimate of drug-likeness (QED) is 0.743. The van der Waals surface area contributed by atoms with Crippen molar-refractivity contribution in [3.63, 3.8) is 0 Å². The Morgan fingerprint density at radius 2 is 2.17 bits per heavy atom. The van der Waals surface area contributed by atoms with Gasteiger partial charge in [0.25, 0.3) is 5.56 Å². The smallest absolute Gasteiger partial charge is 0.264 e. The van der Waals surface area contributed by atoms with Gasteiger partial charge in [0.05, 0.1) is 24.4 Å². The summed E-state index contributed by atoms with van der Waals surface area (Å²) < 4.78 is 5.24. The molecule has 0 aliphatic carbocycles. The van der Waals surface area contributed by atoms with Crippen LogP contribution in [0, 0.1) is 0 Å². The molecule has 116 valence electrons. The lowest BCUT2D eigenvalue weighted by Crippen LogP contribution is -2.33. The van der Waals surface area contributed by atoms with E-state index in [1.165, 1.54) is 6.33 Å². The minimum atomic E-state index is -0.193. The maximum Gasteiger partial charge on any atom is 0.264 e. The van der Waals surface area contributed by atoms with Gasteiger partial charge in [0.1, 0.15) is 17.9 Å². The Morgan fingerprint density at radius 1 is 1.26 bits per heavy atom. The molecule has 8 heteroatoms. The summed E-state index contributed by atoms with van der Waals surface area (Å²) >= 11 is 0. The molecule has 0 amide bonds. The molecular formula is C15H14N6O2. The van der Waals surface area contributed by atoms with Crippen molar-refractivity contribution in [1.29, 1.82) is 0 Å². The molecule has 0 spiro atoms. The van der Waals surface area contributed by atoms with Gasteiger partial charge >= 0.3 is 0 Å². The SMILES string of the molecule is COc1cnc2ncnc(N3CCc4n[nH]c(=O)cc4C3)c2c1. The normalized spacial score (nSPS) is 13.9. The molecule has 0 bridgehead atoms. The predicted octanol–water partition coefficient (Wildman–Crippen LogP) is 0.679. The van der Waals surface area contributed by atoms with Crippen molar-refractivity contribution < 1.29 is 4.74 Å². The number of aromatic amines is 1. The number of pyridine rings is 1. The molecule has 1 aliphatic rings. The van der Waals surface area contributed by atoms with E-state index in [9.17, 15) is 4.79 Å². The molecule has 1 aliphatic heterocycles. The molecule has 3 aromatic heterocycles. The van der Waals surface area contributed by atoms with Gasteiger partial charge in [-0.1, -0.05) is 0 Å². The highest BCUT2D eigenvalue weighted by molar-refractivity contribution is 5.87. The third-order valence-electron chi connectivity index (χ3n) is 3.93. The molecule has 23 heavy (non-hydrogen) atoms. The molecule has 0 radical (unpaired) electrons. The highest BCUT2D eigenvalue weighted by Gasteiger charge is 2.21. The van der Waals surface area contributed by atoms with E-state index < -0.39 is 0 Å². The second-order valence-electron chi connectivity index (χ2n) is 5.32. The van der Waals surface area contributed by atoms with Crippen LogP contribution >= 0.6 is 0 Å². The van der Waals surface area contributed by atoms with Gasteiger partial charge in [-0.05, 0) is 6.07 Å². The number of nitrogens with zero attached hydrogens (tertiary/aromatic N) is 5. The van der Waals surface area contributed by atoms with Crippen molar-refractivity contribution >= 4 is 16.9 Å². The minimum Gasteiger partial charge on any atom is -0.495 e. The Balaban J connectivity index is 1.79. The van der Waals surface area contributed by atoms with E-state index >= 15 is 0 Å².